The molecule has 1 saturated heterocycles. The fourth-order valence-electron chi connectivity index (χ4n) is 4.58. The van der Waals surface area contributed by atoms with E-state index in [1.165, 1.54) is 0 Å². The Morgan fingerprint density at radius 1 is 0.971 bits per heavy atom. The lowest BCUT2D eigenvalue weighted by atomic mass is 9.88. The maximum absolute atomic E-state index is 13.8. The fraction of sp³-hybridized carbons (Fsp3) is 0.267. The second-order valence-corrected chi connectivity index (χ2v) is 8.69. The summed E-state index contributed by atoms with van der Waals surface area (Å²) in [4.78, 5) is 17.8. The average molecular weight is 448 g/mol. The molecule has 4 nitrogen and oxygen atoms in total. The molecule has 3 aromatic carbocycles. The van der Waals surface area contributed by atoms with Gasteiger partial charge in [0.15, 0.2) is 0 Å². The summed E-state index contributed by atoms with van der Waals surface area (Å²) in [7, 11) is 2.05. The topological polar surface area (TPSA) is 47.3 Å². The first kappa shape index (κ1) is 23.3. The van der Waals surface area contributed by atoms with Crippen molar-refractivity contribution < 1.29 is 4.79 Å². The Labute approximate surface area is 202 Å². The van der Waals surface area contributed by atoms with Crippen molar-refractivity contribution in [1.82, 2.24) is 9.80 Å². The largest absolute Gasteiger partial charge is 0.326 e. The zero-order valence-electron chi connectivity index (χ0n) is 19.5. The molecule has 1 aliphatic rings. The molecule has 0 spiro atoms. The van der Waals surface area contributed by atoms with Gasteiger partial charge < -0.3 is 4.90 Å². The van der Waals surface area contributed by atoms with Crippen LogP contribution in [0.2, 0.25) is 0 Å². The molecule has 0 saturated carbocycles. The summed E-state index contributed by atoms with van der Waals surface area (Å²) in [6, 6.07) is 31.8. The molecule has 4 rings (SSSR count). The number of carbonyl (C=O) groups is 1. The minimum Gasteiger partial charge on any atom is -0.326 e. The third kappa shape index (κ3) is 5.54. The van der Waals surface area contributed by atoms with E-state index >= 15 is 0 Å². The monoisotopic (exact) mass is 447 g/mol. The van der Waals surface area contributed by atoms with E-state index in [1.54, 1.807) is 4.90 Å². The smallest absolute Gasteiger partial charge is 0.235 e. The normalized spacial score (nSPS) is 17.6. The van der Waals surface area contributed by atoms with Crippen molar-refractivity contribution in [3.05, 3.63) is 108 Å². The lowest BCUT2D eigenvalue weighted by Gasteiger charge is -2.40. The maximum Gasteiger partial charge on any atom is 0.235 e. The Hall–Kier alpha value is -3.86. The van der Waals surface area contributed by atoms with E-state index in [9.17, 15) is 10.1 Å². The number of benzene rings is 3. The van der Waals surface area contributed by atoms with E-state index in [1.807, 2.05) is 98.0 Å². The first-order valence-corrected chi connectivity index (χ1v) is 11.7. The van der Waals surface area contributed by atoms with Crippen LogP contribution in [0.4, 0.5) is 0 Å². The second-order valence-electron chi connectivity index (χ2n) is 8.69. The van der Waals surface area contributed by atoms with Crippen LogP contribution in [-0.4, -0.2) is 47.9 Å². The Bertz CT molecular complexity index is 1140. The van der Waals surface area contributed by atoms with Crippen molar-refractivity contribution >= 4 is 5.91 Å². The number of nitrogens with zero attached hydrogens (tertiary/aromatic N) is 3. The highest BCUT2D eigenvalue weighted by Crippen LogP contribution is 2.30. The minimum absolute atomic E-state index is 0.00563. The fourth-order valence-corrected chi connectivity index (χ4v) is 4.58. The molecule has 1 fully saturated rings. The third-order valence-electron chi connectivity index (χ3n) is 6.48. The molecule has 0 aliphatic carbocycles. The van der Waals surface area contributed by atoms with Crippen molar-refractivity contribution in [1.29, 1.82) is 5.26 Å². The zero-order valence-corrected chi connectivity index (χ0v) is 19.5. The molecule has 2 unspecified atom stereocenters. The molecule has 0 N–H and O–H groups in total. The molecule has 0 bridgehead atoms. The van der Waals surface area contributed by atoms with Crippen LogP contribution >= 0.6 is 0 Å². The summed E-state index contributed by atoms with van der Waals surface area (Å²) in [6.45, 7) is 1.19. The Kier molecular flexibility index (Phi) is 7.76. The second kappa shape index (κ2) is 11.3. The molecule has 34 heavy (non-hydrogen) atoms. The highest BCUT2D eigenvalue weighted by Gasteiger charge is 2.37. The minimum atomic E-state index is -0.453. The molecule has 170 valence electrons. The van der Waals surface area contributed by atoms with E-state index in [0.29, 0.717) is 19.5 Å². The number of nitriles is 1. The summed E-state index contributed by atoms with van der Waals surface area (Å²) < 4.78 is 0. The molecular formula is C30H29N3O. The van der Waals surface area contributed by atoms with Crippen LogP contribution in [-0.2, 0) is 4.79 Å². The standard InChI is InChI=1S/C30H29N3O/c1-32(20-11-14-24-12-5-2-6-13-24)27-19-21-33(28(22-27)23-31)30(34)29(25-15-7-3-8-16-25)26-17-9-4-10-18-26/h2-10,12-13,15-18,27-29H,19-22H2,1H3. The number of hydrogen-bond acceptors (Lipinski definition) is 3. The lowest BCUT2D eigenvalue weighted by Crippen LogP contribution is -2.52. The van der Waals surface area contributed by atoms with Crippen LogP contribution in [0, 0.1) is 23.2 Å². The van der Waals surface area contributed by atoms with Crippen molar-refractivity contribution in [3.63, 3.8) is 0 Å². The first-order chi connectivity index (χ1) is 16.7. The van der Waals surface area contributed by atoms with Gasteiger partial charge in [-0.1, -0.05) is 90.7 Å². The number of hydrogen-bond donors (Lipinski definition) is 0. The van der Waals surface area contributed by atoms with Gasteiger partial charge in [0.2, 0.25) is 5.91 Å². The van der Waals surface area contributed by atoms with Crippen LogP contribution < -0.4 is 0 Å². The molecule has 3 aromatic rings. The van der Waals surface area contributed by atoms with Crippen LogP contribution in [0.1, 0.15) is 35.4 Å². The Morgan fingerprint density at radius 2 is 1.53 bits per heavy atom. The zero-order chi connectivity index (χ0) is 23.8. The van der Waals surface area contributed by atoms with E-state index in [-0.39, 0.29) is 11.9 Å². The van der Waals surface area contributed by atoms with Gasteiger partial charge in [-0.2, -0.15) is 5.26 Å². The predicted octanol–water partition coefficient (Wildman–Crippen LogP) is 4.69. The van der Waals surface area contributed by atoms with Gasteiger partial charge in [-0.3, -0.25) is 9.69 Å². The highest BCUT2D eigenvalue weighted by molar-refractivity contribution is 5.87. The maximum atomic E-state index is 13.8. The molecular weight excluding hydrogens is 418 g/mol. The van der Waals surface area contributed by atoms with E-state index < -0.39 is 12.0 Å². The third-order valence-corrected chi connectivity index (χ3v) is 6.48. The SMILES string of the molecule is CN(CC#Cc1ccccc1)C1CCN(C(=O)C(c2ccccc2)c2ccccc2)C(C#N)C1. The van der Waals surface area contributed by atoms with Crippen LogP contribution in [0.3, 0.4) is 0 Å². The molecule has 2 atom stereocenters. The molecule has 1 heterocycles. The van der Waals surface area contributed by atoms with Crippen molar-refractivity contribution in [3.8, 4) is 17.9 Å². The highest BCUT2D eigenvalue weighted by atomic mass is 16.2. The number of likely N-dealkylation sites (tertiary alicyclic amines) is 1. The molecule has 4 heteroatoms. The molecule has 1 amide bonds. The molecule has 0 aromatic heterocycles. The first-order valence-electron chi connectivity index (χ1n) is 11.7. The van der Waals surface area contributed by atoms with Gasteiger partial charge in [0.25, 0.3) is 0 Å². The molecule has 1 aliphatic heterocycles. The summed E-state index contributed by atoms with van der Waals surface area (Å²) in [5.41, 5.74) is 2.90. The quantitative estimate of drug-likeness (QED) is 0.534. The van der Waals surface area contributed by atoms with Crippen molar-refractivity contribution in [2.45, 2.75) is 30.8 Å². The van der Waals surface area contributed by atoms with E-state index in [0.717, 1.165) is 23.1 Å². The van der Waals surface area contributed by atoms with Crippen molar-refractivity contribution in [2.75, 3.05) is 20.1 Å². The average Bonchev–Trinajstić information content (AvgIpc) is 2.90. The van der Waals surface area contributed by atoms with Gasteiger partial charge >= 0.3 is 0 Å². The van der Waals surface area contributed by atoms with Gasteiger partial charge in [0.05, 0.1) is 18.5 Å². The summed E-state index contributed by atoms with van der Waals surface area (Å²) in [5, 5.41) is 9.97. The van der Waals surface area contributed by atoms with Gasteiger partial charge in [0, 0.05) is 18.2 Å². The number of piperidine rings is 1. The summed E-state index contributed by atoms with van der Waals surface area (Å²) in [5.74, 6) is 6.02. The van der Waals surface area contributed by atoms with Crippen molar-refractivity contribution in [2.24, 2.45) is 0 Å². The Balaban J connectivity index is 1.47. The number of rotatable bonds is 5. The van der Waals surface area contributed by atoms with E-state index in [4.69, 9.17) is 0 Å². The number of amides is 1. The Morgan fingerprint density at radius 3 is 2.09 bits per heavy atom. The number of carbonyl (C=O) groups excluding carboxylic acids is 1. The predicted molar refractivity (Wildman–Crippen MR) is 135 cm³/mol. The van der Waals surface area contributed by atoms with Gasteiger partial charge in [0.1, 0.15) is 6.04 Å². The summed E-state index contributed by atoms with van der Waals surface area (Å²) in [6.07, 6.45) is 1.45. The molecule has 0 radical (unpaired) electrons. The van der Waals surface area contributed by atoms with Gasteiger partial charge in [-0.25, -0.2) is 0 Å². The van der Waals surface area contributed by atoms with Gasteiger partial charge in [-0.15, -0.1) is 0 Å². The van der Waals surface area contributed by atoms with Crippen LogP contribution in [0.25, 0.3) is 0 Å². The lowest BCUT2D eigenvalue weighted by molar-refractivity contribution is -0.135. The van der Waals surface area contributed by atoms with Crippen LogP contribution in [0.5, 0.6) is 0 Å². The van der Waals surface area contributed by atoms with Gasteiger partial charge in [-0.05, 0) is 43.1 Å². The van der Waals surface area contributed by atoms with E-state index in [2.05, 4.69) is 22.8 Å². The summed E-state index contributed by atoms with van der Waals surface area (Å²) >= 11 is 0. The van der Waals surface area contributed by atoms with Crippen LogP contribution in [0.15, 0.2) is 91.0 Å².